The molecular weight excluding hydrogens is 270 g/mol. The SMILES string of the molecule is Nc1ccc(Nc2ccccc2)c(N)c1CC1CCCCC1. The zero-order chi connectivity index (χ0) is 15.4. The zero-order valence-electron chi connectivity index (χ0n) is 13.0. The van der Waals surface area contributed by atoms with Crippen molar-refractivity contribution in [1.29, 1.82) is 0 Å². The highest BCUT2D eigenvalue weighted by atomic mass is 14.9. The molecule has 116 valence electrons. The van der Waals surface area contributed by atoms with Crippen LogP contribution in [-0.2, 0) is 6.42 Å². The number of hydrogen-bond acceptors (Lipinski definition) is 3. The average Bonchev–Trinajstić information content (AvgIpc) is 2.56. The Labute approximate surface area is 132 Å². The number of para-hydroxylation sites is 1. The van der Waals surface area contributed by atoms with Crippen molar-refractivity contribution in [3.63, 3.8) is 0 Å². The minimum Gasteiger partial charge on any atom is -0.398 e. The van der Waals surface area contributed by atoms with Gasteiger partial charge in [-0.3, -0.25) is 0 Å². The van der Waals surface area contributed by atoms with Crippen LogP contribution in [0.4, 0.5) is 22.7 Å². The molecule has 0 amide bonds. The highest BCUT2D eigenvalue weighted by Crippen LogP contribution is 2.35. The summed E-state index contributed by atoms with van der Waals surface area (Å²) in [5, 5.41) is 3.40. The largest absolute Gasteiger partial charge is 0.398 e. The second kappa shape index (κ2) is 6.73. The average molecular weight is 295 g/mol. The first-order valence-electron chi connectivity index (χ1n) is 8.23. The summed E-state index contributed by atoms with van der Waals surface area (Å²) in [5.74, 6) is 0.727. The topological polar surface area (TPSA) is 64.1 Å². The van der Waals surface area contributed by atoms with Crippen LogP contribution < -0.4 is 16.8 Å². The van der Waals surface area contributed by atoms with E-state index in [1.807, 2.05) is 42.5 Å². The van der Waals surface area contributed by atoms with E-state index in [9.17, 15) is 0 Å². The molecule has 5 N–H and O–H groups in total. The molecule has 1 aliphatic carbocycles. The maximum Gasteiger partial charge on any atom is 0.0622 e. The van der Waals surface area contributed by atoms with Crippen LogP contribution in [0.5, 0.6) is 0 Å². The quantitative estimate of drug-likeness (QED) is 0.715. The lowest BCUT2D eigenvalue weighted by Gasteiger charge is -2.24. The van der Waals surface area contributed by atoms with Crippen LogP contribution in [-0.4, -0.2) is 0 Å². The number of rotatable bonds is 4. The first-order chi connectivity index (χ1) is 10.7. The van der Waals surface area contributed by atoms with Crippen molar-refractivity contribution in [2.75, 3.05) is 16.8 Å². The molecule has 22 heavy (non-hydrogen) atoms. The van der Waals surface area contributed by atoms with Crippen LogP contribution in [0.15, 0.2) is 42.5 Å². The molecule has 3 rings (SSSR count). The van der Waals surface area contributed by atoms with Gasteiger partial charge < -0.3 is 16.8 Å². The summed E-state index contributed by atoms with van der Waals surface area (Å²) in [4.78, 5) is 0. The van der Waals surface area contributed by atoms with Crippen LogP contribution in [0.2, 0.25) is 0 Å². The maximum atomic E-state index is 6.41. The molecule has 0 aliphatic heterocycles. The lowest BCUT2D eigenvalue weighted by Crippen LogP contribution is -2.13. The van der Waals surface area contributed by atoms with Gasteiger partial charge in [0.1, 0.15) is 0 Å². The Balaban J connectivity index is 1.82. The molecule has 0 aromatic heterocycles. The van der Waals surface area contributed by atoms with Gasteiger partial charge in [0.05, 0.1) is 11.4 Å². The second-order valence-electron chi connectivity index (χ2n) is 6.29. The van der Waals surface area contributed by atoms with Gasteiger partial charge in [0.15, 0.2) is 0 Å². The van der Waals surface area contributed by atoms with Gasteiger partial charge in [0, 0.05) is 16.9 Å². The van der Waals surface area contributed by atoms with Crippen molar-refractivity contribution in [3.05, 3.63) is 48.0 Å². The van der Waals surface area contributed by atoms with E-state index in [0.717, 1.165) is 40.7 Å². The van der Waals surface area contributed by atoms with Gasteiger partial charge in [-0.15, -0.1) is 0 Å². The summed E-state index contributed by atoms with van der Waals surface area (Å²) in [6, 6.07) is 14.1. The summed E-state index contributed by atoms with van der Waals surface area (Å²) < 4.78 is 0. The molecule has 0 heterocycles. The Bertz CT molecular complexity index is 616. The highest BCUT2D eigenvalue weighted by Gasteiger charge is 2.18. The van der Waals surface area contributed by atoms with Gasteiger partial charge in [-0.25, -0.2) is 0 Å². The number of nitrogens with two attached hydrogens (primary N) is 2. The van der Waals surface area contributed by atoms with Crippen molar-refractivity contribution >= 4 is 22.7 Å². The van der Waals surface area contributed by atoms with Gasteiger partial charge in [0.2, 0.25) is 0 Å². The lowest BCUT2D eigenvalue weighted by molar-refractivity contribution is 0.357. The van der Waals surface area contributed by atoms with Crippen LogP contribution in [0.3, 0.4) is 0 Å². The van der Waals surface area contributed by atoms with Crippen molar-refractivity contribution < 1.29 is 0 Å². The molecule has 1 saturated carbocycles. The molecule has 2 aromatic rings. The Morgan fingerprint density at radius 1 is 0.909 bits per heavy atom. The number of hydrogen-bond donors (Lipinski definition) is 3. The van der Waals surface area contributed by atoms with E-state index in [2.05, 4.69) is 5.32 Å². The van der Waals surface area contributed by atoms with E-state index >= 15 is 0 Å². The predicted molar refractivity (Wildman–Crippen MR) is 95.3 cm³/mol. The molecule has 1 fully saturated rings. The number of benzene rings is 2. The summed E-state index contributed by atoms with van der Waals surface area (Å²) in [5.41, 5.74) is 17.3. The Morgan fingerprint density at radius 2 is 1.64 bits per heavy atom. The third-order valence-electron chi connectivity index (χ3n) is 4.66. The number of anilines is 4. The molecule has 2 aromatic carbocycles. The third-order valence-corrected chi connectivity index (χ3v) is 4.66. The maximum absolute atomic E-state index is 6.41. The molecule has 0 unspecified atom stereocenters. The van der Waals surface area contributed by atoms with Gasteiger partial charge in [-0.05, 0) is 36.6 Å². The lowest BCUT2D eigenvalue weighted by atomic mass is 9.84. The highest BCUT2D eigenvalue weighted by molar-refractivity contribution is 5.79. The Kier molecular flexibility index (Phi) is 4.52. The second-order valence-corrected chi connectivity index (χ2v) is 6.29. The fourth-order valence-corrected chi connectivity index (χ4v) is 3.38. The first-order valence-corrected chi connectivity index (χ1v) is 8.23. The fourth-order valence-electron chi connectivity index (χ4n) is 3.38. The van der Waals surface area contributed by atoms with E-state index in [-0.39, 0.29) is 0 Å². The van der Waals surface area contributed by atoms with E-state index in [1.165, 1.54) is 32.1 Å². The number of nitrogen functional groups attached to an aromatic ring is 2. The molecule has 0 radical (unpaired) electrons. The normalized spacial score (nSPS) is 15.6. The van der Waals surface area contributed by atoms with Gasteiger partial charge >= 0.3 is 0 Å². The van der Waals surface area contributed by atoms with Crippen molar-refractivity contribution in [3.8, 4) is 0 Å². The predicted octanol–water partition coefficient (Wildman–Crippen LogP) is 4.72. The van der Waals surface area contributed by atoms with Crippen molar-refractivity contribution in [2.24, 2.45) is 5.92 Å². The van der Waals surface area contributed by atoms with Crippen molar-refractivity contribution in [2.45, 2.75) is 38.5 Å². The Morgan fingerprint density at radius 3 is 2.36 bits per heavy atom. The van der Waals surface area contributed by atoms with Crippen LogP contribution >= 0.6 is 0 Å². The molecule has 0 bridgehead atoms. The monoisotopic (exact) mass is 295 g/mol. The minimum absolute atomic E-state index is 0.727. The molecule has 0 spiro atoms. The first kappa shape index (κ1) is 14.8. The number of nitrogens with one attached hydrogen (secondary N) is 1. The summed E-state index contributed by atoms with van der Waals surface area (Å²) in [7, 11) is 0. The minimum atomic E-state index is 0.727. The van der Waals surface area contributed by atoms with Gasteiger partial charge in [-0.1, -0.05) is 50.3 Å². The van der Waals surface area contributed by atoms with Crippen LogP contribution in [0.1, 0.15) is 37.7 Å². The van der Waals surface area contributed by atoms with Crippen LogP contribution in [0.25, 0.3) is 0 Å². The zero-order valence-corrected chi connectivity index (χ0v) is 13.0. The Hall–Kier alpha value is -2.16. The summed E-state index contributed by atoms with van der Waals surface area (Å²) in [6.07, 6.45) is 7.66. The third kappa shape index (κ3) is 3.35. The van der Waals surface area contributed by atoms with E-state index in [4.69, 9.17) is 11.5 Å². The van der Waals surface area contributed by atoms with E-state index in [0.29, 0.717) is 0 Å². The molecule has 0 atom stereocenters. The molecular formula is C19H25N3. The van der Waals surface area contributed by atoms with E-state index < -0.39 is 0 Å². The van der Waals surface area contributed by atoms with Gasteiger partial charge in [-0.2, -0.15) is 0 Å². The summed E-state index contributed by atoms with van der Waals surface area (Å²) >= 11 is 0. The molecule has 3 heteroatoms. The molecule has 3 nitrogen and oxygen atoms in total. The molecule has 0 saturated heterocycles. The van der Waals surface area contributed by atoms with E-state index in [1.54, 1.807) is 0 Å². The summed E-state index contributed by atoms with van der Waals surface area (Å²) in [6.45, 7) is 0. The molecule has 1 aliphatic rings. The standard InChI is InChI=1S/C19H25N3/c20-17-11-12-18(22-15-9-5-2-6-10-15)19(21)16(17)13-14-7-3-1-4-8-14/h2,5-6,9-12,14,22H,1,3-4,7-8,13,20-21H2. The smallest absolute Gasteiger partial charge is 0.0622 e. The van der Waals surface area contributed by atoms with Crippen LogP contribution in [0, 0.1) is 5.92 Å². The fraction of sp³-hybridized carbons (Fsp3) is 0.368. The van der Waals surface area contributed by atoms with Crippen molar-refractivity contribution in [1.82, 2.24) is 0 Å². The van der Waals surface area contributed by atoms with Gasteiger partial charge in [0.25, 0.3) is 0 Å².